The van der Waals surface area contributed by atoms with Crippen molar-refractivity contribution in [2.75, 3.05) is 20.1 Å². The molecular formula is C13H20N2O. The van der Waals surface area contributed by atoms with Crippen molar-refractivity contribution in [2.24, 2.45) is 5.92 Å². The maximum atomic E-state index is 11.6. The van der Waals surface area contributed by atoms with Gasteiger partial charge in [-0.1, -0.05) is 37.3 Å². The third-order valence-corrected chi connectivity index (χ3v) is 2.41. The molecule has 0 saturated heterocycles. The van der Waals surface area contributed by atoms with Gasteiger partial charge in [-0.25, -0.2) is 0 Å². The van der Waals surface area contributed by atoms with Gasteiger partial charge in [0.2, 0.25) is 5.91 Å². The van der Waals surface area contributed by atoms with Crippen molar-refractivity contribution in [3.05, 3.63) is 35.9 Å². The molecule has 0 bridgehead atoms. The predicted molar refractivity (Wildman–Crippen MR) is 66.2 cm³/mol. The monoisotopic (exact) mass is 220 g/mol. The molecule has 0 aliphatic rings. The Morgan fingerprint density at radius 3 is 2.56 bits per heavy atom. The van der Waals surface area contributed by atoms with Gasteiger partial charge in [0, 0.05) is 6.54 Å². The number of amides is 1. The summed E-state index contributed by atoms with van der Waals surface area (Å²) in [6, 6.07) is 9.79. The minimum Gasteiger partial charge on any atom is -0.355 e. The summed E-state index contributed by atoms with van der Waals surface area (Å²) in [5.74, 6) is 0.555. The van der Waals surface area contributed by atoms with Gasteiger partial charge in [-0.3, -0.25) is 4.79 Å². The summed E-state index contributed by atoms with van der Waals surface area (Å²) in [5, 5.41) is 6.03. The first kappa shape index (κ1) is 12.7. The van der Waals surface area contributed by atoms with Gasteiger partial charge in [0.1, 0.15) is 0 Å². The molecule has 1 aromatic rings. The number of hydrogen-bond acceptors (Lipinski definition) is 2. The minimum atomic E-state index is 0.0918. The normalized spacial score (nSPS) is 12.1. The fourth-order valence-electron chi connectivity index (χ4n) is 1.55. The zero-order valence-corrected chi connectivity index (χ0v) is 9.99. The fraction of sp³-hybridized carbons (Fsp3) is 0.462. The van der Waals surface area contributed by atoms with E-state index < -0.39 is 0 Å². The zero-order valence-electron chi connectivity index (χ0n) is 9.99. The summed E-state index contributed by atoms with van der Waals surface area (Å²) in [5.41, 5.74) is 1.06. The van der Waals surface area contributed by atoms with Gasteiger partial charge < -0.3 is 10.6 Å². The van der Waals surface area contributed by atoms with Gasteiger partial charge in [-0.05, 0) is 25.1 Å². The number of carbonyl (C=O) groups is 1. The van der Waals surface area contributed by atoms with Crippen LogP contribution in [0.5, 0.6) is 0 Å². The van der Waals surface area contributed by atoms with Crippen molar-refractivity contribution in [3.8, 4) is 0 Å². The molecule has 0 heterocycles. The number of rotatable bonds is 6. The number of nitrogens with one attached hydrogen (secondary N) is 2. The van der Waals surface area contributed by atoms with Crippen LogP contribution in [0.1, 0.15) is 12.5 Å². The summed E-state index contributed by atoms with van der Waals surface area (Å²) >= 11 is 0. The zero-order chi connectivity index (χ0) is 11.8. The van der Waals surface area contributed by atoms with Gasteiger partial charge in [0.25, 0.3) is 0 Å². The van der Waals surface area contributed by atoms with Crippen molar-refractivity contribution < 1.29 is 4.79 Å². The van der Waals surface area contributed by atoms with Gasteiger partial charge in [0.15, 0.2) is 0 Å². The van der Waals surface area contributed by atoms with E-state index in [1.165, 1.54) is 0 Å². The predicted octanol–water partition coefficient (Wildman–Crippen LogP) is 1.20. The molecule has 3 nitrogen and oxygen atoms in total. The van der Waals surface area contributed by atoms with E-state index >= 15 is 0 Å². The van der Waals surface area contributed by atoms with Crippen molar-refractivity contribution in [1.82, 2.24) is 10.6 Å². The molecule has 0 aliphatic heterocycles. The molecule has 16 heavy (non-hydrogen) atoms. The Labute approximate surface area is 97.2 Å². The van der Waals surface area contributed by atoms with Crippen LogP contribution in [0.3, 0.4) is 0 Å². The third-order valence-electron chi connectivity index (χ3n) is 2.41. The quantitative estimate of drug-likeness (QED) is 0.756. The minimum absolute atomic E-state index is 0.0918. The van der Waals surface area contributed by atoms with Crippen LogP contribution >= 0.6 is 0 Å². The van der Waals surface area contributed by atoms with Crippen LogP contribution in [0.4, 0.5) is 0 Å². The third kappa shape index (κ3) is 4.94. The van der Waals surface area contributed by atoms with Crippen molar-refractivity contribution >= 4 is 5.91 Å². The Hall–Kier alpha value is -1.35. The summed E-state index contributed by atoms with van der Waals surface area (Å²) in [7, 11) is 1.92. The molecule has 88 valence electrons. The molecule has 1 atom stereocenters. The standard InChI is InChI=1S/C13H20N2O/c1-11(9-14-2)10-15-13(16)8-12-6-4-3-5-7-12/h3-7,11,14H,8-10H2,1-2H3,(H,15,16). The molecule has 1 aromatic carbocycles. The van der Waals surface area contributed by atoms with Crippen LogP contribution < -0.4 is 10.6 Å². The van der Waals surface area contributed by atoms with Gasteiger partial charge in [0.05, 0.1) is 6.42 Å². The molecule has 0 spiro atoms. The van der Waals surface area contributed by atoms with Crippen molar-refractivity contribution in [1.29, 1.82) is 0 Å². The maximum absolute atomic E-state index is 11.6. The second-order valence-electron chi connectivity index (χ2n) is 4.13. The Bertz CT molecular complexity index is 311. The Balaban J connectivity index is 2.26. The van der Waals surface area contributed by atoms with Crippen molar-refractivity contribution in [2.45, 2.75) is 13.3 Å². The molecule has 0 aliphatic carbocycles. The van der Waals surface area contributed by atoms with Crippen LogP contribution in [0.15, 0.2) is 30.3 Å². The smallest absolute Gasteiger partial charge is 0.224 e. The van der Waals surface area contributed by atoms with E-state index in [0.717, 1.165) is 18.7 Å². The highest BCUT2D eigenvalue weighted by atomic mass is 16.1. The first-order valence-electron chi connectivity index (χ1n) is 5.67. The highest BCUT2D eigenvalue weighted by molar-refractivity contribution is 5.78. The molecule has 1 unspecified atom stereocenters. The molecule has 3 heteroatoms. The number of hydrogen-bond donors (Lipinski definition) is 2. The average molecular weight is 220 g/mol. The number of carbonyl (C=O) groups excluding carboxylic acids is 1. The lowest BCUT2D eigenvalue weighted by Gasteiger charge is -2.11. The van der Waals surface area contributed by atoms with E-state index in [0.29, 0.717) is 12.3 Å². The highest BCUT2D eigenvalue weighted by Crippen LogP contribution is 1.99. The van der Waals surface area contributed by atoms with Crippen LogP contribution in [0.25, 0.3) is 0 Å². The second kappa shape index (κ2) is 7.01. The molecule has 0 radical (unpaired) electrons. The van der Waals surface area contributed by atoms with E-state index in [4.69, 9.17) is 0 Å². The van der Waals surface area contributed by atoms with E-state index in [1.807, 2.05) is 37.4 Å². The summed E-state index contributed by atoms with van der Waals surface area (Å²) < 4.78 is 0. The average Bonchev–Trinajstić information content (AvgIpc) is 2.28. The van der Waals surface area contributed by atoms with Gasteiger partial charge >= 0.3 is 0 Å². The molecule has 0 fully saturated rings. The van der Waals surface area contributed by atoms with Gasteiger partial charge in [-0.2, -0.15) is 0 Å². The largest absolute Gasteiger partial charge is 0.355 e. The lowest BCUT2D eigenvalue weighted by Crippen LogP contribution is -2.33. The van der Waals surface area contributed by atoms with Crippen LogP contribution in [-0.2, 0) is 11.2 Å². The van der Waals surface area contributed by atoms with E-state index in [-0.39, 0.29) is 5.91 Å². The Morgan fingerprint density at radius 1 is 1.25 bits per heavy atom. The Morgan fingerprint density at radius 2 is 1.94 bits per heavy atom. The van der Waals surface area contributed by atoms with E-state index in [1.54, 1.807) is 0 Å². The summed E-state index contributed by atoms with van der Waals surface area (Å²) in [4.78, 5) is 11.6. The fourth-order valence-corrected chi connectivity index (χ4v) is 1.55. The molecular weight excluding hydrogens is 200 g/mol. The molecule has 0 aromatic heterocycles. The Kier molecular flexibility index (Phi) is 5.57. The first-order valence-corrected chi connectivity index (χ1v) is 5.67. The topological polar surface area (TPSA) is 41.1 Å². The van der Waals surface area contributed by atoms with E-state index in [2.05, 4.69) is 17.6 Å². The van der Waals surface area contributed by atoms with Crippen LogP contribution in [0.2, 0.25) is 0 Å². The first-order chi connectivity index (χ1) is 7.72. The molecule has 1 amide bonds. The van der Waals surface area contributed by atoms with Crippen LogP contribution in [0, 0.1) is 5.92 Å². The lowest BCUT2D eigenvalue weighted by molar-refractivity contribution is -0.120. The number of benzene rings is 1. The van der Waals surface area contributed by atoms with Gasteiger partial charge in [-0.15, -0.1) is 0 Å². The van der Waals surface area contributed by atoms with Crippen molar-refractivity contribution in [3.63, 3.8) is 0 Å². The summed E-state index contributed by atoms with van der Waals surface area (Å²) in [6.07, 6.45) is 0.465. The van der Waals surface area contributed by atoms with E-state index in [9.17, 15) is 4.79 Å². The molecule has 2 N–H and O–H groups in total. The maximum Gasteiger partial charge on any atom is 0.224 e. The molecule has 1 rings (SSSR count). The summed E-state index contributed by atoms with van der Waals surface area (Å²) in [6.45, 7) is 3.76. The molecule has 0 saturated carbocycles. The lowest BCUT2D eigenvalue weighted by atomic mass is 10.1. The second-order valence-corrected chi connectivity index (χ2v) is 4.13. The SMILES string of the molecule is CNCC(C)CNC(=O)Cc1ccccc1. The highest BCUT2D eigenvalue weighted by Gasteiger charge is 2.05. The van der Waals surface area contributed by atoms with Crippen LogP contribution in [-0.4, -0.2) is 26.0 Å².